The quantitative estimate of drug-likeness (QED) is 0.329. The number of aliphatic imine (C=N–C) groups is 1. The molecule has 0 fully saturated rings. The zero-order valence-corrected chi connectivity index (χ0v) is 20.3. The monoisotopic (exact) mass is 446 g/mol. The largest absolute Gasteiger partial charge is 0.508 e. The standard InChI is InChI=1S/C20H26N2.C8H8O3/c1-7-11-17(4)19(13-15-22-9-3)18(8-2)12-10-14-20(5,6)16-21;1-5-2-3-6(9)4-7(5)8(10)11/h7-15H,2H2,1,3-6H3;2-4,9H,1H3,(H,10,11)/b11-7+,14-10+,15-13+,18-12+,19-17+,22-9?;. The third kappa shape index (κ3) is 11.3. The highest BCUT2D eigenvalue weighted by atomic mass is 16.4. The summed E-state index contributed by atoms with van der Waals surface area (Å²) in [5, 5.41) is 26.5. The van der Waals surface area contributed by atoms with Crippen LogP contribution in [0.25, 0.3) is 0 Å². The minimum atomic E-state index is -1.02. The normalized spacial score (nSPS) is 13.2. The highest BCUT2D eigenvalue weighted by Crippen LogP contribution is 2.21. The summed E-state index contributed by atoms with van der Waals surface area (Å²) < 4.78 is 0. The van der Waals surface area contributed by atoms with E-state index in [-0.39, 0.29) is 11.3 Å². The maximum Gasteiger partial charge on any atom is 0.336 e. The Balaban J connectivity index is 0.000000771. The van der Waals surface area contributed by atoms with E-state index in [0.717, 1.165) is 16.7 Å². The molecule has 0 aliphatic carbocycles. The molecule has 33 heavy (non-hydrogen) atoms. The molecule has 0 heterocycles. The molecule has 0 bridgehead atoms. The molecule has 0 spiro atoms. The lowest BCUT2D eigenvalue weighted by molar-refractivity contribution is 0.0695. The van der Waals surface area contributed by atoms with E-state index in [1.165, 1.54) is 12.1 Å². The maximum absolute atomic E-state index is 10.5. The maximum atomic E-state index is 10.5. The number of hydrogen-bond acceptors (Lipinski definition) is 4. The van der Waals surface area contributed by atoms with Crippen molar-refractivity contribution < 1.29 is 15.0 Å². The average Bonchev–Trinajstić information content (AvgIpc) is 2.77. The molecular weight excluding hydrogens is 412 g/mol. The summed E-state index contributed by atoms with van der Waals surface area (Å²) in [7, 11) is 0. The summed E-state index contributed by atoms with van der Waals surface area (Å²) in [4.78, 5) is 14.6. The molecular formula is C28H34N2O3. The Kier molecular flexibility index (Phi) is 13.2. The molecule has 1 aromatic rings. The minimum absolute atomic E-state index is 0.0204. The van der Waals surface area contributed by atoms with Crippen molar-refractivity contribution in [1.29, 1.82) is 5.26 Å². The number of aryl methyl sites for hydroxylation is 1. The highest BCUT2D eigenvalue weighted by Gasteiger charge is 2.10. The molecule has 1 rings (SSSR count). The third-order valence-corrected chi connectivity index (χ3v) is 4.38. The number of benzene rings is 1. The van der Waals surface area contributed by atoms with Gasteiger partial charge in [-0.3, -0.25) is 4.99 Å². The second-order valence-electron chi connectivity index (χ2n) is 7.64. The lowest BCUT2D eigenvalue weighted by Crippen LogP contribution is -2.01. The number of aromatic carboxylic acids is 1. The molecule has 0 aromatic heterocycles. The lowest BCUT2D eigenvalue weighted by atomic mass is 9.94. The van der Waals surface area contributed by atoms with E-state index in [0.29, 0.717) is 5.56 Å². The van der Waals surface area contributed by atoms with Crippen LogP contribution < -0.4 is 0 Å². The summed E-state index contributed by atoms with van der Waals surface area (Å²) in [6, 6.07) is 6.51. The van der Waals surface area contributed by atoms with Crippen LogP contribution in [0.15, 0.2) is 95.2 Å². The fraction of sp³-hybridized carbons (Fsp3) is 0.250. The molecule has 2 N–H and O–H groups in total. The fourth-order valence-corrected chi connectivity index (χ4v) is 2.54. The van der Waals surface area contributed by atoms with Crippen LogP contribution in [-0.4, -0.2) is 22.4 Å². The Hall–Kier alpha value is -3.91. The first-order valence-electron chi connectivity index (χ1n) is 10.5. The fourth-order valence-electron chi connectivity index (χ4n) is 2.54. The number of hydrogen-bond donors (Lipinski definition) is 2. The molecule has 5 heteroatoms. The van der Waals surface area contributed by atoms with Crippen molar-refractivity contribution in [3.05, 3.63) is 101 Å². The molecule has 1 aromatic carbocycles. The first-order chi connectivity index (χ1) is 15.5. The SMILES string of the molecule is C=CC(=C\C=C\C(C)(C)C#N)/C(/C=C/N=CC)=C(C)/C=C/C.Cc1ccc(O)cc1C(=O)O. The van der Waals surface area contributed by atoms with Gasteiger partial charge in [0.05, 0.1) is 17.0 Å². The van der Waals surface area contributed by atoms with Gasteiger partial charge in [0.15, 0.2) is 0 Å². The molecule has 0 saturated carbocycles. The zero-order valence-electron chi connectivity index (χ0n) is 20.3. The van der Waals surface area contributed by atoms with Gasteiger partial charge in [-0.25, -0.2) is 4.79 Å². The van der Waals surface area contributed by atoms with Crippen LogP contribution in [0.4, 0.5) is 0 Å². The Morgan fingerprint density at radius 3 is 2.39 bits per heavy atom. The van der Waals surface area contributed by atoms with Crippen LogP contribution in [0.5, 0.6) is 5.75 Å². The zero-order chi connectivity index (χ0) is 25.4. The van der Waals surface area contributed by atoms with Crippen molar-refractivity contribution in [3.8, 4) is 11.8 Å². The number of carbonyl (C=O) groups is 1. The smallest absolute Gasteiger partial charge is 0.336 e. The number of allylic oxidation sites excluding steroid dienone is 10. The second kappa shape index (κ2) is 15.0. The van der Waals surface area contributed by atoms with E-state index in [1.807, 2.05) is 64.2 Å². The molecule has 0 aliphatic heterocycles. The second-order valence-corrected chi connectivity index (χ2v) is 7.64. The van der Waals surface area contributed by atoms with Crippen LogP contribution >= 0.6 is 0 Å². The van der Waals surface area contributed by atoms with Gasteiger partial charge in [0.2, 0.25) is 0 Å². The van der Waals surface area contributed by atoms with Crippen LogP contribution in [0.3, 0.4) is 0 Å². The molecule has 174 valence electrons. The van der Waals surface area contributed by atoms with Crippen molar-refractivity contribution >= 4 is 12.2 Å². The van der Waals surface area contributed by atoms with Crippen LogP contribution in [-0.2, 0) is 0 Å². The number of aromatic hydroxyl groups is 1. The van der Waals surface area contributed by atoms with Gasteiger partial charge in [0.25, 0.3) is 0 Å². The van der Waals surface area contributed by atoms with Gasteiger partial charge in [0, 0.05) is 12.4 Å². The minimum Gasteiger partial charge on any atom is -0.508 e. The number of nitriles is 1. The third-order valence-electron chi connectivity index (χ3n) is 4.38. The van der Waals surface area contributed by atoms with Crippen molar-refractivity contribution in [2.24, 2.45) is 10.4 Å². The molecule has 0 aliphatic rings. The van der Waals surface area contributed by atoms with Gasteiger partial charge in [0.1, 0.15) is 5.75 Å². The van der Waals surface area contributed by atoms with Crippen LogP contribution in [0.2, 0.25) is 0 Å². The predicted octanol–water partition coefficient (Wildman–Crippen LogP) is 7.10. The van der Waals surface area contributed by atoms with Crippen molar-refractivity contribution in [2.75, 3.05) is 0 Å². The van der Waals surface area contributed by atoms with Gasteiger partial charge >= 0.3 is 5.97 Å². The van der Waals surface area contributed by atoms with E-state index < -0.39 is 11.4 Å². The van der Waals surface area contributed by atoms with Gasteiger partial charge in [-0.2, -0.15) is 5.26 Å². The van der Waals surface area contributed by atoms with E-state index in [2.05, 4.69) is 30.6 Å². The first kappa shape index (κ1) is 29.1. The van der Waals surface area contributed by atoms with Crippen molar-refractivity contribution in [1.82, 2.24) is 0 Å². The van der Waals surface area contributed by atoms with E-state index in [4.69, 9.17) is 15.5 Å². The summed E-state index contributed by atoms with van der Waals surface area (Å²) in [6.07, 6.45) is 17.1. The lowest BCUT2D eigenvalue weighted by Gasteiger charge is -2.08. The van der Waals surface area contributed by atoms with Gasteiger partial charge in [-0.15, -0.1) is 0 Å². The molecule has 0 amide bonds. The molecule has 0 atom stereocenters. The summed E-state index contributed by atoms with van der Waals surface area (Å²) in [5.74, 6) is -1.04. The summed E-state index contributed by atoms with van der Waals surface area (Å²) in [5.41, 5.74) is 3.48. The van der Waals surface area contributed by atoms with Crippen molar-refractivity contribution in [3.63, 3.8) is 0 Å². The number of rotatable bonds is 8. The summed E-state index contributed by atoms with van der Waals surface area (Å²) in [6.45, 7) is 15.2. The predicted molar refractivity (Wildman–Crippen MR) is 137 cm³/mol. The number of carboxylic acid groups (broad SMARTS) is 1. The first-order valence-corrected chi connectivity index (χ1v) is 10.5. The molecule has 0 saturated heterocycles. The van der Waals surface area contributed by atoms with Crippen molar-refractivity contribution in [2.45, 2.75) is 41.5 Å². The van der Waals surface area contributed by atoms with Crippen LogP contribution in [0.1, 0.15) is 50.5 Å². The summed E-state index contributed by atoms with van der Waals surface area (Å²) >= 11 is 0. The Morgan fingerprint density at radius 2 is 1.91 bits per heavy atom. The van der Waals surface area contributed by atoms with E-state index >= 15 is 0 Å². The highest BCUT2D eigenvalue weighted by molar-refractivity contribution is 5.89. The number of phenols is 1. The number of nitrogens with zero attached hydrogens (tertiary/aromatic N) is 2. The van der Waals surface area contributed by atoms with E-state index in [1.54, 1.807) is 25.4 Å². The average molecular weight is 447 g/mol. The molecule has 0 radical (unpaired) electrons. The number of phenolic OH excluding ortho intramolecular Hbond substituents is 1. The molecule has 0 unspecified atom stereocenters. The van der Waals surface area contributed by atoms with Gasteiger partial charge < -0.3 is 10.2 Å². The number of carboxylic acids is 1. The van der Waals surface area contributed by atoms with Crippen LogP contribution in [0, 0.1) is 23.7 Å². The van der Waals surface area contributed by atoms with Gasteiger partial charge in [-0.05, 0) is 82.0 Å². The Morgan fingerprint density at radius 1 is 1.24 bits per heavy atom. The Labute approximate surface area is 197 Å². The van der Waals surface area contributed by atoms with E-state index in [9.17, 15) is 4.79 Å². The molecule has 5 nitrogen and oxygen atoms in total. The van der Waals surface area contributed by atoms with Gasteiger partial charge in [-0.1, -0.05) is 49.1 Å². The topological polar surface area (TPSA) is 93.7 Å². The Bertz CT molecular complexity index is 1040.